The molecule has 0 radical (unpaired) electrons. The van der Waals surface area contributed by atoms with E-state index in [1.54, 1.807) is 31.2 Å². The first-order valence-electron chi connectivity index (χ1n) is 7.85. The summed E-state index contributed by atoms with van der Waals surface area (Å²) in [6.45, 7) is 3.19. The monoisotopic (exact) mass is 363 g/mol. The highest BCUT2D eigenvalue weighted by Gasteiger charge is 2.16. The number of carbonyl (C=O) groups is 2. The van der Waals surface area contributed by atoms with Gasteiger partial charge in [0.25, 0.3) is 0 Å². The fourth-order valence-corrected chi connectivity index (χ4v) is 3.37. The van der Waals surface area contributed by atoms with Crippen LogP contribution < -0.4 is 5.32 Å². The molecule has 0 aliphatic carbocycles. The van der Waals surface area contributed by atoms with Crippen molar-refractivity contribution in [1.82, 2.24) is 0 Å². The molecule has 0 saturated carbocycles. The Kier molecular flexibility index (Phi) is 6.70. The van der Waals surface area contributed by atoms with E-state index in [-0.39, 0.29) is 28.9 Å². The van der Waals surface area contributed by atoms with E-state index in [1.807, 2.05) is 0 Å². The first-order valence-corrected chi connectivity index (χ1v) is 8.89. The van der Waals surface area contributed by atoms with Crippen LogP contribution in [0.4, 0.5) is 14.5 Å². The summed E-state index contributed by atoms with van der Waals surface area (Å²) in [5, 5.41) is 2.35. The molecule has 0 fully saturated rings. The minimum absolute atomic E-state index is 0.0349. The van der Waals surface area contributed by atoms with Crippen LogP contribution in [0.25, 0.3) is 0 Å². The standard InChI is InChI=1S/C19H19F2NO2S/c1-12(23)14-6-8-15(9-7-14)22-18(24)10-11-25-13(2)19-16(20)4-3-5-17(19)21/h3-9,13H,10-11H2,1-2H3,(H,22,24). The minimum atomic E-state index is -0.574. The lowest BCUT2D eigenvalue weighted by molar-refractivity contribution is -0.115. The SMILES string of the molecule is CC(=O)c1ccc(NC(=O)CCSC(C)c2c(F)cccc2F)cc1. The Labute approximate surface area is 149 Å². The van der Waals surface area contributed by atoms with E-state index in [2.05, 4.69) is 5.32 Å². The van der Waals surface area contributed by atoms with Gasteiger partial charge in [0.15, 0.2) is 5.78 Å². The molecule has 1 amide bonds. The number of amides is 1. The largest absolute Gasteiger partial charge is 0.326 e. The number of Topliss-reactive ketones (excluding diaryl/α,β-unsaturated/α-hetero) is 1. The first-order chi connectivity index (χ1) is 11.9. The van der Waals surface area contributed by atoms with Crippen molar-refractivity contribution in [2.75, 3.05) is 11.1 Å². The predicted molar refractivity (Wildman–Crippen MR) is 96.9 cm³/mol. The van der Waals surface area contributed by atoms with E-state index in [0.29, 0.717) is 17.0 Å². The third-order valence-corrected chi connectivity index (χ3v) is 4.85. The van der Waals surface area contributed by atoms with E-state index >= 15 is 0 Å². The Morgan fingerprint density at radius 2 is 1.68 bits per heavy atom. The Hall–Kier alpha value is -2.21. The highest BCUT2D eigenvalue weighted by molar-refractivity contribution is 7.99. The van der Waals surface area contributed by atoms with Gasteiger partial charge >= 0.3 is 0 Å². The van der Waals surface area contributed by atoms with Gasteiger partial charge in [-0.1, -0.05) is 6.07 Å². The number of thioether (sulfide) groups is 1. The van der Waals surface area contributed by atoms with Gasteiger partial charge in [-0.05, 0) is 50.2 Å². The minimum Gasteiger partial charge on any atom is -0.326 e. The zero-order valence-electron chi connectivity index (χ0n) is 14.0. The van der Waals surface area contributed by atoms with Crippen molar-refractivity contribution < 1.29 is 18.4 Å². The summed E-state index contributed by atoms with van der Waals surface area (Å²) in [5.41, 5.74) is 1.22. The lowest BCUT2D eigenvalue weighted by Gasteiger charge is -2.13. The predicted octanol–water partition coefficient (Wildman–Crippen LogP) is 4.99. The van der Waals surface area contributed by atoms with Gasteiger partial charge in [-0.2, -0.15) is 11.8 Å². The van der Waals surface area contributed by atoms with Crippen molar-refractivity contribution in [3.63, 3.8) is 0 Å². The molecule has 0 aliphatic heterocycles. The molecular formula is C19H19F2NO2S. The molecule has 1 atom stereocenters. The summed E-state index contributed by atoms with van der Waals surface area (Å²) < 4.78 is 27.4. The number of benzene rings is 2. The van der Waals surface area contributed by atoms with Crippen LogP contribution in [-0.2, 0) is 4.79 Å². The third kappa shape index (κ3) is 5.39. The summed E-state index contributed by atoms with van der Waals surface area (Å²) in [6.07, 6.45) is 0.222. The summed E-state index contributed by atoms with van der Waals surface area (Å²) in [6, 6.07) is 10.4. The molecule has 1 N–H and O–H groups in total. The number of halogens is 2. The Morgan fingerprint density at radius 3 is 2.24 bits per heavy atom. The van der Waals surface area contributed by atoms with Crippen LogP contribution in [0.5, 0.6) is 0 Å². The van der Waals surface area contributed by atoms with Gasteiger partial charge in [0.1, 0.15) is 11.6 Å². The smallest absolute Gasteiger partial charge is 0.225 e. The molecule has 0 aromatic heterocycles. The topological polar surface area (TPSA) is 46.2 Å². The molecule has 2 rings (SSSR count). The summed E-state index contributed by atoms with van der Waals surface area (Å²) in [4.78, 5) is 23.1. The molecule has 6 heteroatoms. The third-order valence-electron chi connectivity index (χ3n) is 3.68. The van der Waals surface area contributed by atoms with E-state index in [4.69, 9.17) is 0 Å². The molecule has 2 aromatic carbocycles. The summed E-state index contributed by atoms with van der Waals surface area (Å²) in [7, 11) is 0. The molecule has 132 valence electrons. The van der Waals surface area contributed by atoms with E-state index < -0.39 is 11.6 Å². The lowest BCUT2D eigenvalue weighted by Crippen LogP contribution is -2.12. The molecule has 0 heterocycles. The number of anilines is 1. The molecule has 0 aliphatic rings. The van der Waals surface area contributed by atoms with Crippen molar-refractivity contribution in [1.29, 1.82) is 0 Å². The average Bonchev–Trinajstić information content (AvgIpc) is 2.55. The van der Waals surface area contributed by atoms with Gasteiger partial charge in [-0.15, -0.1) is 0 Å². The summed E-state index contributed by atoms with van der Waals surface area (Å²) in [5.74, 6) is -0.940. The highest BCUT2D eigenvalue weighted by Crippen LogP contribution is 2.32. The van der Waals surface area contributed by atoms with E-state index in [1.165, 1.54) is 36.9 Å². The highest BCUT2D eigenvalue weighted by atomic mass is 32.2. The maximum Gasteiger partial charge on any atom is 0.225 e. The molecule has 0 bridgehead atoms. The number of ketones is 1. The van der Waals surface area contributed by atoms with Crippen LogP contribution in [0.3, 0.4) is 0 Å². The van der Waals surface area contributed by atoms with Gasteiger partial charge in [-0.25, -0.2) is 8.78 Å². The Balaban J connectivity index is 1.83. The van der Waals surface area contributed by atoms with Gasteiger partial charge in [-0.3, -0.25) is 9.59 Å². The number of carbonyl (C=O) groups excluding carboxylic acids is 2. The van der Waals surface area contributed by atoms with Crippen LogP contribution in [-0.4, -0.2) is 17.4 Å². The zero-order chi connectivity index (χ0) is 18.4. The van der Waals surface area contributed by atoms with Gasteiger partial charge in [0.05, 0.1) is 0 Å². The second-order valence-electron chi connectivity index (χ2n) is 5.58. The fourth-order valence-electron chi connectivity index (χ4n) is 2.32. The van der Waals surface area contributed by atoms with E-state index in [9.17, 15) is 18.4 Å². The first kappa shape index (κ1) is 19.1. The van der Waals surface area contributed by atoms with Crippen molar-refractivity contribution in [3.8, 4) is 0 Å². The Morgan fingerprint density at radius 1 is 1.08 bits per heavy atom. The second kappa shape index (κ2) is 8.76. The molecule has 25 heavy (non-hydrogen) atoms. The Bertz CT molecular complexity index is 742. The maximum atomic E-state index is 13.7. The van der Waals surface area contributed by atoms with E-state index in [0.717, 1.165) is 0 Å². The lowest BCUT2D eigenvalue weighted by atomic mass is 10.1. The van der Waals surface area contributed by atoms with Crippen molar-refractivity contribution >= 4 is 29.1 Å². The average molecular weight is 363 g/mol. The van der Waals surface area contributed by atoms with Crippen molar-refractivity contribution in [2.45, 2.75) is 25.5 Å². The second-order valence-corrected chi connectivity index (χ2v) is 7.03. The van der Waals surface area contributed by atoms with Gasteiger partial charge in [0.2, 0.25) is 5.91 Å². The molecule has 0 saturated heterocycles. The number of nitrogens with one attached hydrogen (secondary N) is 1. The molecule has 3 nitrogen and oxygen atoms in total. The van der Waals surface area contributed by atoms with Crippen LogP contribution >= 0.6 is 11.8 Å². The normalized spacial score (nSPS) is 11.8. The van der Waals surface area contributed by atoms with Gasteiger partial charge in [0, 0.05) is 34.2 Å². The van der Waals surface area contributed by atoms with Crippen LogP contribution in [0.2, 0.25) is 0 Å². The van der Waals surface area contributed by atoms with Crippen LogP contribution in [0.15, 0.2) is 42.5 Å². The molecular weight excluding hydrogens is 344 g/mol. The molecule has 0 spiro atoms. The maximum absolute atomic E-state index is 13.7. The molecule has 2 aromatic rings. The summed E-state index contributed by atoms with van der Waals surface area (Å²) >= 11 is 1.32. The quantitative estimate of drug-likeness (QED) is 0.705. The van der Waals surface area contributed by atoms with Crippen molar-refractivity contribution in [2.24, 2.45) is 0 Å². The van der Waals surface area contributed by atoms with Crippen LogP contribution in [0, 0.1) is 11.6 Å². The number of rotatable bonds is 7. The number of hydrogen-bond acceptors (Lipinski definition) is 3. The zero-order valence-corrected chi connectivity index (χ0v) is 14.8. The fraction of sp³-hybridized carbons (Fsp3) is 0.263. The van der Waals surface area contributed by atoms with Crippen molar-refractivity contribution in [3.05, 3.63) is 65.2 Å². The molecule has 1 unspecified atom stereocenters. The van der Waals surface area contributed by atoms with Gasteiger partial charge < -0.3 is 5.32 Å². The van der Waals surface area contributed by atoms with Crippen LogP contribution in [0.1, 0.15) is 41.4 Å². The number of hydrogen-bond donors (Lipinski definition) is 1.